The molecule has 118 valence electrons. The van der Waals surface area contributed by atoms with Crippen molar-refractivity contribution >= 4 is 17.7 Å². The van der Waals surface area contributed by atoms with Gasteiger partial charge in [0.15, 0.2) is 11.0 Å². The van der Waals surface area contributed by atoms with Crippen LogP contribution in [0.25, 0.3) is 5.69 Å². The topological polar surface area (TPSA) is 98.7 Å². The second kappa shape index (κ2) is 6.61. The zero-order valence-corrected chi connectivity index (χ0v) is 13.1. The maximum Gasteiger partial charge on any atom is 0.313 e. The lowest BCUT2D eigenvalue weighted by Crippen LogP contribution is -2.14. The average molecular weight is 330 g/mol. The minimum atomic E-state index is -0.905. The summed E-state index contributed by atoms with van der Waals surface area (Å²) in [6, 6.07) is 5.36. The number of carboxylic acid groups (broad SMARTS) is 1. The number of carbonyl (C=O) groups is 1. The number of nitrogens with zero attached hydrogens (tertiary/aromatic N) is 6. The maximum atomic E-state index is 10.8. The molecule has 0 aromatic carbocycles. The third-order valence-electron chi connectivity index (χ3n) is 3.18. The van der Waals surface area contributed by atoms with Crippen molar-refractivity contribution in [2.45, 2.75) is 18.1 Å². The molecule has 0 aliphatic heterocycles. The van der Waals surface area contributed by atoms with Crippen LogP contribution in [0.15, 0.2) is 48.1 Å². The molecule has 1 atom stereocenters. The highest BCUT2D eigenvalue weighted by molar-refractivity contribution is 7.99. The first-order valence-electron chi connectivity index (χ1n) is 6.86. The van der Waals surface area contributed by atoms with Crippen molar-refractivity contribution in [3.05, 3.63) is 48.8 Å². The quantitative estimate of drug-likeness (QED) is 0.686. The third kappa shape index (κ3) is 3.24. The first kappa shape index (κ1) is 15.2. The molecule has 1 N–H and O–H groups in total. The summed E-state index contributed by atoms with van der Waals surface area (Å²) in [5.41, 5.74) is 0.777. The van der Waals surface area contributed by atoms with Gasteiger partial charge in [0, 0.05) is 18.6 Å². The molecule has 3 rings (SSSR count). The summed E-state index contributed by atoms with van der Waals surface area (Å²) in [6.45, 7) is 1.95. The van der Waals surface area contributed by atoms with Crippen LogP contribution in [0.4, 0.5) is 0 Å². The highest BCUT2D eigenvalue weighted by Gasteiger charge is 2.21. The van der Waals surface area contributed by atoms with Crippen LogP contribution in [0.2, 0.25) is 0 Å². The van der Waals surface area contributed by atoms with Crippen LogP contribution in [-0.2, 0) is 4.79 Å². The lowest BCUT2D eigenvalue weighted by atomic mass is 10.3. The van der Waals surface area contributed by atoms with Crippen LogP contribution in [0.5, 0.6) is 0 Å². The van der Waals surface area contributed by atoms with E-state index < -0.39 is 5.97 Å². The molecule has 3 aromatic rings. The number of hydrogen-bond donors (Lipinski definition) is 1. The molecule has 8 nitrogen and oxygen atoms in total. The van der Waals surface area contributed by atoms with E-state index in [9.17, 15) is 4.79 Å². The first-order valence-corrected chi connectivity index (χ1v) is 7.85. The maximum absolute atomic E-state index is 10.8. The summed E-state index contributed by atoms with van der Waals surface area (Å²) >= 11 is 1.12. The molecule has 0 aliphatic carbocycles. The number of thioether (sulfide) groups is 1. The van der Waals surface area contributed by atoms with E-state index in [0.29, 0.717) is 11.0 Å². The van der Waals surface area contributed by atoms with Crippen molar-refractivity contribution in [3.63, 3.8) is 0 Å². The van der Waals surface area contributed by atoms with Crippen LogP contribution >= 0.6 is 11.8 Å². The van der Waals surface area contributed by atoms with Crippen molar-refractivity contribution in [2.24, 2.45) is 0 Å². The van der Waals surface area contributed by atoms with Gasteiger partial charge in [-0.2, -0.15) is 5.10 Å². The molecule has 0 fully saturated rings. The van der Waals surface area contributed by atoms with Crippen LogP contribution in [-0.4, -0.2) is 46.4 Å². The Morgan fingerprint density at radius 3 is 2.87 bits per heavy atom. The van der Waals surface area contributed by atoms with Gasteiger partial charge in [0.25, 0.3) is 0 Å². The molecule has 9 heteroatoms. The van der Waals surface area contributed by atoms with E-state index in [1.165, 1.54) is 0 Å². The molecule has 3 heterocycles. The molecule has 0 bridgehead atoms. The molecule has 0 saturated heterocycles. The lowest BCUT2D eigenvalue weighted by Gasteiger charge is -2.14. The van der Waals surface area contributed by atoms with E-state index in [1.807, 2.05) is 35.9 Å². The Balaban J connectivity index is 2.04. The minimum absolute atomic E-state index is 0.0887. The van der Waals surface area contributed by atoms with Gasteiger partial charge in [-0.15, -0.1) is 10.2 Å². The molecular weight excluding hydrogens is 316 g/mol. The highest BCUT2D eigenvalue weighted by atomic mass is 32.2. The van der Waals surface area contributed by atoms with Gasteiger partial charge in [-0.3, -0.25) is 19.0 Å². The number of aromatic nitrogens is 6. The van der Waals surface area contributed by atoms with Crippen molar-refractivity contribution in [1.29, 1.82) is 0 Å². The largest absolute Gasteiger partial charge is 0.481 e. The number of pyridine rings is 1. The van der Waals surface area contributed by atoms with Crippen molar-refractivity contribution in [1.82, 2.24) is 29.5 Å². The smallest absolute Gasteiger partial charge is 0.313 e. The molecule has 0 radical (unpaired) electrons. The summed E-state index contributed by atoms with van der Waals surface area (Å²) in [4.78, 5) is 15.0. The van der Waals surface area contributed by atoms with Gasteiger partial charge in [-0.05, 0) is 25.1 Å². The van der Waals surface area contributed by atoms with Gasteiger partial charge < -0.3 is 5.11 Å². The molecule has 0 spiro atoms. The fourth-order valence-electron chi connectivity index (χ4n) is 2.13. The molecule has 0 unspecified atom stereocenters. The Morgan fingerprint density at radius 2 is 2.22 bits per heavy atom. The van der Waals surface area contributed by atoms with E-state index in [2.05, 4.69) is 20.3 Å². The zero-order chi connectivity index (χ0) is 16.2. The molecule has 0 saturated carbocycles. The average Bonchev–Trinajstić information content (AvgIpc) is 3.22. The Labute approximate surface area is 136 Å². The zero-order valence-electron chi connectivity index (χ0n) is 12.3. The standard InChI is InChI=1S/C14H14N6O2S/c1-10(19-7-3-6-16-19)13-17-18-14(23-9-12(21)22)20(13)11-4-2-5-15-8-11/h2-8,10H,9H2,1H3,(H,21,22)/t10-/m1/s1. The fourth-order valence-corrected chi connectivity index (χ4v) is 2.81. The Hall–Kier alpha value is -2.68. The van der Waals surface area contributed by atoms with Crippen molar-refractivity contribution < 1.29 is 9.90 Å². The van der Waals surface area contributed by atoms with Crippen LogP contribution < -0.4 is 0 Å². The van der Waals surface area contributed by atoms with Gasteiger partial charge in [0.1, 0.15) is 6.04 Å². The van der Waals surface area contributed by atoms with Gasteiger partial charge >= 0.3 is 5.97 Å². The fraction of sp³-hybridized carbons (Fsp3) is 0.214. The van der Waals surface area contributed by atoms with Crippen LogP contribution in [0, 0.1) is 0 Å². The SMILES string of the molecule is C[C@H](c1nnc(SCC(=O)O)n1-c1cccnc1)n1cccn1. The predicted molar refractivity (Wildman–Crippen MR) is 83.6 cm³/mol. The predicted octanol–water partition coefficient (Wildman–Crippen LogP) is 1.64. The van der Waals surface area contributed by atoms with E-state index in [-0.39, 0.29) is 11.8 Å². The number of rotatable bonds is 6. The summed E-state index contributed by atoms with van der Waals surface area (Å²) in [6.07, 6.45) is 6.90. The van der Waals surface area contributed by atoms with Gasteiger partial charge in [0.05, 0.1) is 17.6 Å². The van der Waals surface area contributed by atoms with Gasteiger partial charge in [-0.1, -0.05) is 11.8 Å². The van der Waals surface area contributed by atoms with E-state index in [4.69, 9.17) is 5.11 Å². The summed E-state index contributed by atoms with van der Waals surface area (Å²) in [5.74, 6) is -0.332. The van der Waals surface area contributed by atoms with E-state index >= 15 is 0 Å². The number of aliphatic carboxylic acids is 1. The molecule has 23 heavy (non-hydrogen) atoms. The van der Waals surface area contributed by atoms with Crippen molar-refractivity contribution in [3.8, 4) is 5.69 Å². The van der Waals surface area contributed by atoms with E-state index in [1.54, 1.807) is 23.3 Å². The summed E-state index contributed by atoms with van der Waals surface area (Å²) in [5, 5.41) is 22.0. The third-order valence-corrected chi connectivity index (χ3v) is 4.10. The second-order valence-electron chi connectivity index (χ2n) is 4.73. The number of carboxylic acids is 1. The summed E-state index contributed by atoms with van der Waals surface area (Å²) < 4.78 is 3.58. The van der Waals surface area contributed by atoms with Crippen molar-refractivity contribution in [2.75, 3.05) is 5.75 Å². The monoisotopic (exact) mass is 330 g/mol. The Kier molecular flexibility index (Phi) is 4.38. The van der Waals surface area contributed by atoms with Crippen LogP contribution in [0.3, 0.4) is 0 Å². The second-order valence-corrected chi connectivity index (χ2v) is 5.67. The molecule has 3 aromatic heterocycles. The lowest BCUT2D eigenvalue weighted by molar-refractivity contribution is -0.133. The Bertz CT molecular complexity index is 787. The van der Waals surface area contributed by atoms with Gasteiger partial charge in [0.2, 0.25) is 0 Å². The highest BCUT2D eigenvalue weighted by Crippen LogP contribution is 2.25. The molecule has 0 aliphatic rings. The van der Waals surface area contributed by atoms with E-state index in [0.717, 1.165) is 17.4 Å². The molecule has 0 amide bonds. The number of hydrogen-bond acceptors (Lipinski definition) is 6. The van der Waals surface area contributed by atoms with Gasteiger partial charge in [-0.25, -0.2) is 0 Å². The normalized spacial score (nSPS) is 12.2. The Morgan fingerprint density at radius 1 is 1.35 bits per heavy atom. The van der Waals surface area contributed by atoms with Crippen LogP contribution in [0.1, 0.15) is 18.8 Å². The molecular formula is C14H14N6O2S. The first-order chi connectivity index (χ1) is 11.2. The minimum Gasteiger partial charge on any atom is -0.481 e. The summed E-state index contributed by atoms with van der Waals surface area (Å²) in [7, 11) is 0.